The number of carbonyl (C=O) groups excluding carboxylic acids is 1. The first kappa shape index (κ1) is 25.5. The van der Waals surface area contributed by atoms with E-state index in [0.717, 1.165) is 16.7 Å². The first-order valence-corrected chi connectivity index (χ1v) is 11.4. The number of hydrogen-bond acceptors (Lipinski definition) is 5. The smallest absolute Gasteiger partial charge is 0.387 e. The van der Waals surface area contributed by atoms with Gasteiger partial charge >= 0.3 is 6.61 Å². The molecule has 32 heavy (non-hydrogen) atoms. The van der Waals surface area contributed by atoms with Gasteiger partial charge in [0.1, 0.15) is 0 Å². The lowest BCUT2D eigenvalue weighted by atomic mass is 9.95. The van der Waals surface area contributed by atoms with E-state index in [2.05, 4.69) is 14.8 Å². The van der Waals surface area contributed by atoms with Crippen LogP contribution < -0.4 is 19.5 Å². The maximum atomic E-state index is 12.9. The quantitative estimate of drug-likeness (QED) is 0.574. The number of anilines is 1. The molecule has 0 fully saturated rings. The summed E-state index contributed by atoms with van der Waals surface area (Å²) in [6.07, 6.45) is -0.155. The van der Waals surface area contributed by atoms with Crippen molar-refractivity contribution in [1.29, 1.82) is 0 Å². The van der Waals surface area contributed by atoms with E-state index in [1.54, 1.807) is 13.8 Å². The van der Waals surface area contributed by atoms with Crippen LogP contribution in [-0.2, 0) is 14.8 Å². The van der Waals surface area contributed by atoms with E-state index in [9.17, 15) is 22.0 Å². The summed E-state index contributed by atoms with van der Waals surface area (Å²) in [5, 5.41) is 2.53. The van der Waals surface area contributed by atoms with Crippen molar-refractivity contribution in [3.05, 3.63) is 46.0 Å². The Morgan fingerprint density at radius 1 is 0.969 bits per heavy atom. The highest BCUT2D eigenvalue weighted by Gasteiger charge is 2.23. The number of carbonyl (C=O) groups is 1. The van der Waals surface area contributed by atoms with Crippen molar-refractivity contribution in [3.8, 4) is 11.5 Å². The highest BCUT2D eigenvalue weighted by Crippen LogP contribution is 2.32. The summed E-state index contributed by atoms with van der Waals surface area (Å²) in [5.41, 5.74) is 4.43. The number of ether oxygens (including phenoxy) is 2. The zero-order chi connectivity index (χ0) is 24.2. The van der Waals surface area contributed by atoms with Crippen LogP contribution >= 0.6 is 0 Å². The predicted molar refractivity (Wildman–Crippen MR) is 118 cm³/mol. The Hall–Kier alpha value is -2.72. The Kier molecular flexibility index (Phi) is 8.19. The summed E-state index contributed by atoms with van der Waals surface area (Å²) < 4.78 is 62.7. The average molecular weight is 471 g/mol. The van der Waals surface area contributed by atoms with Crippen LogP contribution in [0.1, 0.15) is 34.2 Å². The van der Waals surface area contributed by atoms with Crippen LogP contribution in [0.5, 0.6) is 11.5 Å². The van der Waals surface area contributed by atoms with Gasteiger partial charge in [-0.2, -0.15) is 8.78 Å². The molecule has 2 aromatic carbocycles. The molecule has 0 aliphatic rings. The van der Waals surface area contributed by atoms with Gasteiger partial charge in [-0.1, -0.05) is 0 Å². The van der Waals surface area contributed by atoms with Crippen LogP contribution in [0.4, 0.5) is 14.5 Å². The van der Waals surface area contributed by atoms with Gasteiger partial charge in [-0.3, -0.25) is 4.79 Å². The average Bonchev–Trinajstić information content (AvgIpc) is 2.70. The Morgan fingerprint density at radius 3 is 2.06 bits per heavy atom. The van der Waals surface area contributed by atoms with Crippen LogP contribution in [0, 0.1) is 34.6 Å². The highest BCUT2D eigenvalue weighted by molar-refractivity contribution is 7.89. The number of amides is 1. The maximum absolute atomic E-state index is 12.9. The van der Waals surface area contributed by atoms with Crippen molar-refractivity contribution in [2.75, 3.05) is 19.0 Å². The summed E-state index contributed by atoms with van der Waals surface area (Å²) in [7, 11) is -2.53. The summed E-state index contributed by atoms with van der Waals surface area (Å²) in [5.74, 6) is -0.631. The molecule has 0 saturated carbocycles. The Balaban J connectivity index is 2.08. The number of nitrogens with one attached hydrogen (secondary N) is 2. The molecule has 0 atom stereocenters. The van der Waals surface area contributed by atoms with Gasteiger partial charge in [-0.25, -0.2) is 13.1 Å². The molecule has 0 spiro atoms. The summed E-state index contributed by atoms with van der Waals surface area (Å²) in [6, 6.07) is 4.05. The van der Waals surface area contributed by atoms with Gasteiger partial charge in [0.15, 0.2) is 11.5 Å². The minimum absolute atomic E-state index is 0.0884. The SMILES string of the molecule is COc1ccc(NC(=O)CCNS(=O)(=O)c2c(C)c(C)c(C)c(C)c2C)cc1OC(F)F. The second-order valence-electron chi connectivity index (χ2n) is 7.39. The third kappa shape index (κ3) is 5.74. The normalized spacial score (nSPS) is 11.5. The van der Waals surface area contributed by atoms with E-state index in [1.807, 2.05) is 20.8 Å². The van der Waals surface area contributed by atoms with E-state index in [0.29, 0.717) is 11.1 Å². The standard InChI is InChI=1S/C22H28F2N2O5S/c1-12-13(2)15(4)21(16(5)14(12)3)32(28,29)25-10-9-20(27)26-17-7-8-18(30-6)19(11-17)31-22(23)24/h7-8,11,22,25H,9-10H2,1-6H3,(H,26,27). The number of benzene rings is 2. The summed E-state index contributed by atoms with van der Waals surface area (Å²) in [6.45, 7) is 6.06. The zero-order valence-corrected chi connectivity index (χ0v) is 19.7. The minimum atomic E-state index is -3.83. The maximum Gasteiger partial charge on any atom is 0.387 e. The van der Waals surface area contributed by atoms with Crippen LogP contribution in [0.2, 0.25) is 0 Å². The fraction of sp³-hybridized carbons (Fsp3) is 0.409. The fourth-order valence-electron chi connectivity index (χ4n) is 3.41. The molecule has 10 heteroatoms. The fourth-order valence-corrected chi connectivity index (χ4v) is 5.03. The Morgan fingerprint density at radius 2 is 1.53 bits per heavy atom. The second kappa shape index (κ2) is 10.3. The van der Waals surface area contributed by atoms with Crippen molar-refractivity contribution < 1.29 is 31.5 Å². The second-order valence-corrected chi connectivity index (χ2v) is 9.10. The molecule has 2 aromatic rings. The van der Waals surface area contributed by atoms with Crippen molar-refractivity contribution in [1.82, 2.24) is 4.72 Å². The number of rotatable bonds is 9. The third-order valence-electron chi connectivity index (χ3n) is 5.51. The molecule has 176 valence electrons. The van der Waals surface area contributed by atoms with Gasteiger partial charge in [-0.15, -0.1) is 0 Å². The van der Waals surface area contributed by atoms with Gasteiger partial charge < -0.3 is 14.8 Å². The largest absolute Gasteiger partial charge is 0.493 e. The number of sulfonamides is 1. The van der Waals surface area contributed by atoms with E-state index in [1.165, 1.54) is 25.3 Å². The number of hydrogen-bond donors (Lipinski definition) is 2. The molecular formula is C22H28F2N2O5S. The first-order chi connectivity index (χ1) is 14.9. The molecule has 1 amide bonds. The lowest BCUT2D eigenvalue weighted by Crippen LogP contribution is -2.29. The van der Waals surface area contributed by atoms with Crippen molar-refractivity contribution in [2.24, 2.45) is 0 Å². The van der Waals surface area contributed by atoms with Crippen molar-refractivity contribution >= 4 is 21.6 Å². The van der Waals surface area contributed by atoms with Gasteiger partial charge in [-0.05, 0) is 74.6 Å². The Bertz CT molecular complexity index is 1090. The monoisotopic (exact) mass is 470 g/mol. The van der Waals surface area contributed by atoms with E-state index in [-0.39, 0.29) is 35.0 Å². The molecular weight excluding hydrogens is 442 g/mol. The van der Waals surface area contributed by atoms with Crippen molar-refractivity contribution in [3.63, 3.8) is 0 Å². The molecule has 0 radical (unpaired) electrons. The minimum Gasteiger partial charge on any atom is -0.493 e. The molecule has 0 bridgehead atoms. The van der Waals surface area contributed by atoms with Gasteiger partial charge in [0, 0.05) is 24.7 Å². The van der Waals surface area contributed by atoms with E-state index in [4.69, 9.17) is 4.74 Å². The lowest BCUT2D eigenvalue weighted by Gasteiger charge is -2.19. The van der Waals surface area contributed by atoms with Crippen LogP contribution in [0.25, 0.3) is 0 Å². The van der Waals surface area contributed by atoms with Gasteiger partial charge in [0.25, 0.3) is 0 Å². The van der Waals surface area contributed by atoms with Crippen LogP contribution in [0.15, 0.2) is 23.1 Å². The summed E-state index contributed by atoms with van der Waals surface area (Å²) >= 11 is 0. The van der Waals surface area contributed by atoms with Gasteiger partial charge in [0.05, 0.1) is 12.0 Å². The number of methoxy groups -OCH3 is 1. The lowest BCUT2D eigenvalue weighted by molar-refractivity contribution is -0.116. The molecule has 0 heterocycles. The van der Waals surface area contributed by atoms with Crippen LogP contribution in [0.3, 0.4) is 0 Å². The molecule has 2 rings (SSSR count). The number of halogens is 2. The predicted octanol–water partition coefficient (Wildman–Crippen LogP) is 4.15. The topological polar surface area (TPSA) is 93.7 Å². The van der Waals surface area contributed by atoms with E-state index >= 15 is 0 Å². The molecule has 0 unspecified atom stereocenters. The summed E-state index contributed by atoms with van der Waals surface area (Å²) in [4.78, 5) is 12.5. The molecule has 0 aromatic heterocycles. The molecule has 0 aliphatic heterocycles. The molecule has 2 N–H and O–H groups in total. The molecule has 0 saturated heterocycles. The van der Waals surface area contributed by atoms with Gasteiger partial charge in [0.2, 0.25) is 15.9 Å². The number of alkyl halides is 2. The first-order valence-electron chi connectivity index (χ1n) is 9.88. The highest BCUT2D eigenvalue weighted by atomic mass is 32.2. The van der Waals surface area contributed by atoms with E-state index < -0.39 is 22.5 Å². The Labute approximate surface area is 187 Å². The third-order valence-corrected chi connectivity index (χ3v) is 7.24. The van der Waals surface area contributed by atoms with Crippen LogP contribution in [-0.4, -0.2) is 34.6 Å². The zero-order valence-electron chi connectivity index (χ0n) is 18.9. The molecule has 7 nitrogen and oxygen atoms in total. The van der Waals surface area contributed by atoms with Crippen molar-refractivity contribution in [2.45, 2.75) is 52.5 Å². The molecule has 0 aliphatic carbocycles.